The Labute approximate surface area is 220 Å². The van der Waals surface area contributed by atoms with Gasteiger partial charge in [0.05, 0.1) is 12.6 Å². The first-order valence-electron chi connectivity index (χ1n) is 11.9. The summed E-state index contributed by atoms with van der Waals surface area (Å²) in [7, 11) is 0. The Morgan fingerprint density at radius 2 is 1.51 bits per heavy atom. The van der Waals surface area contributed by atoms with E-state index in [4.69, 9.17) is 4.42 Å². The van der Waals surface area contributed by atoms with Crippen molar-refractivity contribution in [2.75, 3.05) is 13.1 Å². The summed E-state index contributed by atoms with van der Waals surface area (Å²) >= 11 is 0. The molecular formula is C29H27ClN2O5. The molecule has 37 heavy (non-hydrogen) atoms. The predicted octanol–water partition coefficient (Wildman–Crippen LogP) is 4.08. The highest BCUT2D eigenvalue weighted by Crippen LogP contribution is 2.30. The zero-order valence-electron chi connectivity index (χ0n) is 20.0. The van der Waals surface area contributed by atoms with Gasteiger partial charge in [-0.3, -0.25) is 24.6 Å². The fraction of sp³-hybridized carbons (Fsp3) is 0.207. The summed E-state index contributed by atoms with van der Waals surface area (Å²) in [4.78, 5) is 41.3. The molecule has 1 atom stereocenters. The van der Waals surface area contributed by atoms with Crippen LogP contribution < -0.4 is 5.32 Å². The van der Waals surface area contributed by atoms with E-state index in [2.05, 4.69) is 5.32 Å². The lowest BCUT2D eigenvalue weighted by atomic mass is 9.85. The van der Waals surface area contributed by atoms with Crippen LogP contribution in [0, 0.1) is 0 Å². The molecule has 0 unspecified atom stereocenters. The van der Waals surface area contributed by atoms with E-state index in [1.54, 1.807) is 77.7 Å². The maximum absolute atomic E-state index is 13.4. The quantitative estimate of drug-likeness (QED) is 0.358. The number of carbonyl (C=O) groups excluding carboxylic acids is 3. The zero-order chi connectivity index (χ0) is 25.1. The van der Waals surface area contributed by atoms with Crippen molar-refractivity contribution < 1.29 is 23.9 Å². The molecule has 1 aliphatic rings. The maximum atomic E-state index is 13.4. The molecule has 2 amide bonds. The molecular weight excluding hydrogens is 492 g/mol. The number of amides is 2. The molecule has 5 rings (SSSR count). The van der Waals surface area contributed by atoms with Crippen LogP contribution in [0.1, 0.15) is 34.5 Å². The Kier molecular flexibility index (Phi) is 7.88. The van der Waals surface area contributed by atoms with E-state index in [1.165, 1.54) is 0 Å². The van der Waals surface area contributed by atoms with E-state index >= 15 is 0 Å². The molecule has 0 saturated carbocycles. The number of rotatable bonds is 7. The van der Waals surface area contributed by atoms with Crippen molar-refractivity contribution >= 4 is 41.0 Å². The van der Waals surface area contributed by atoms with E-state index in [0.29, 0.717) is 36.1 Å². The van der Waals surface area contributed by atoms with Crippen LogP contribution in [0.15, 0.2) is 95.4 Å². The molecule has 1 fully saturated rings. The standard InChI is InChI=1S/C29H26N2O5.ClH/c32-24(26-18-20-10-7-8-16-25(20)36-26)19-31-17-9-15-23(31)27(33)30-28(34)29(35,21-11-3-1-4-12-21)22-13-5-2-6-14-22;/h1-8,10-14,16,18,23,35H,9,15,17,19H2,(H,30,33,34);1H/t23-;/m0./s1. The van der Waals surface area contributed by atoms with Crippen molar-refractivity contribution in [3.8, 4) is 0 Å². The minimum atomic E-state index is -2.05. The van der Waals surface area contributed by atoms with Crippen molar-refractivity contribution in [1.29, 1.82) is 0 Å². The first kappa shape index (κ1) is 26.3. The van der Waals surface area contributed by atoms with Gasteiger partial charge < -0.3 is 9.52 Å². The second-order valence-corrected chi connectivity index (χ2v) is 8.96. The van der Waals surface area contributed by atoms with Crippen LogP contribution in [0.4, 0.5) is 0 Å². The lowest BCUT2D eigenvalue weighted by Crippen LogP contribution is -2.53. The number of fused-ring (bicyclic) bond motifs is 1. The number of furan rings is 1. The molecule has 1 saturated heterocycles. The number of carbonyl (C=O) groups is 3. The van der Waals surface area contributed by atoms with Gasteiger partial charge in [-0.05, 0) is 42.6 Å². The van der Waals surface area contributed by atoms with Gasteiger partial charge in [0.1, 0.15) is 5.58 Å². The number of hydrogen-bond donors (Lipinski definition) is 2. The van der Waals surface area contributed by atoms with E-state index < -0.39 is 23.5 Å². The summed E-state index contributed by atoms with van der Waals surface area (Å²) in [6.45, 7) is 0.535. The van der Waals surface area contributed by atoms with Gasteiger partial charge in [0.25, 0.3) is 5.91 Å². The van der Waals surface area contributed by atoms with Gasteiger partial charge in [-0.25, -0.2) is 0 Å². The lowest BCUT2D eigenvalue weighted by molar-refractivity contribution is -0.142. The molecule has 2 heterocycles. The van der Waals surface area contributed by atoms with Gasteiger partial charge >= 0.3 is 0 Å². The van der Waals surface area contributed by atoms with Crippen molar-refractivity contribution in [2.24, 2.45) is 0 Å². The van der Waals surface area contributed by atoms with Crippen LogP contribution in [0.25, 0.3) is 11.0 Å². The molecule has 2 N–H and O–H groups in total. The van der Waals surface area contributed by atoms with Gasteiger partial charge in [-0.2, -0.15) is 0 Å². The highest BCUT2D eigenvalue weighted by molar-refractivity contribution is 6.04. The fourth-order valence-electron chi connectivity index (χ4n) is 4.77. The number of aliphatic hydroxyl groups is 1. The molecule has 0 spiro atoms. The van der Waals surface area contributed by atoms with Crippen LogP contribution in [-0.4, -0.2) is 46.7 Å². The Hall–Kier alpha value is -3.78. The van der Waals surface area contributed by atoms with Crippen molar-refractivity contribution in [3.63, 3.8) is 0 Å². The molecule has 0 bridgehead atoms. The SMILES string of the molecule is Cl.O=C(CN1CCC[C@H]1C(=O)NC(=O)C(O)(c1ccccc1)c1ccccc1)c1cc2ccccc2o1. The number of benzene rings is 3. The van der Waals surface area contributed by atoms with Gasteiger partial charge in [-0.15, -0.1) is 12.4 Å². The minimum Gasteiger partial charge on any atom is -0.453 e. The molecule has 1 aliphatic heterocycles. The summed E-state index contributed by atoms with van der Waals surface area (Å²) in [6, 6.07) is 25.4. The summed E-state index contributed by atoms with van der Waals surface area (Å²) in [5.41, 5.74) is -0.718. The van der Waals surface area contributed by atoms with Crippen LogP contribution in [0.2, 0.25) is 0 Å². The van der Waals surface area contributed by atoms with E-state index in [9.17, 15) is 19.5 Å². The second-order valence-electron chi connectivity index (χ2n) is 8.96. The summed E-state index contributed by atoms with van der Waals surface area (Å²) in [5, 5.41) is 14.9. The highest BCUT2D eigenvalue weighted by atomic mass is 35.5. The molecule has 1 aromatic heterocycles. The van der Waals surface area contributed by atoms with Crippen molar-refractivity contribution in [3.05, 3.63) is 108 Å². The lowest BCUT2D eigenvalue weighted by Gasteiger charge is -2.29. The first-order valence-corrected chi connectivity index (χ1v) is 11.9. The van der Waals surface area contributed by atoms with E-state index in [-0.39, 0.29) is 30.5 Å². The fourth-order valence-corrected chi connectivity index (χ4v) is 4.77. The summed E-state index contributed by atoms with van der Waals surface area (Å²) in [5.74, 6) is -1.37. The van der Waals surface area contributed by atoms with Gasteiger partial charge in [0, 0.05) is 5.39 Å². The topological polar surface area (TPSA) is 99.9 Å². The Morgan fingerprint density at radius 1 is 0.919 bits per heavy atom. The normalized spacial score (nSPS) is 15.8. The van der Waals surface area contributed by atoms with Crippen molar-refractivity contribution in [1.82, 2.24) is 10.2 Å². The highest BCUT2D eigenvalue weighted by Gasteiger charge is 2.42. The number of nitrogens with zero attached hydrogens (tertiary/aromatic N) is 1. The second kappa shape index (κ2) is 11.1. The number of likely N-dealkylation sites (tertiary alicyclic amines) is 1. The monoisotopic (exact) mass is 518 g/mol. The van der Waals surface area contributed by atoms with Crippen LogP contribution in [-0.2, 0) is 15.2 Å². The summed E-state index contributed by atoms with van der Waals surface area (Å²) < 4.78 is 5.68. The number of para-hydroxylation sites is 1. The number of halogens is 1. The number of hydrogen-bond acceptors (Lipinski definition) is 6. The smallest absolute Gasteiger partial charge is 0.267 e. The number of Topliss-reactive ketones (excluding diaryl/α,β-unsaturated/α-hetero) is 1. The third-order valence-corrected chi connectivity index (χ3v) is 6.66. The Morgan fingerprint density at radius 3 is 2.14 bits per heavy atom. The molecule has 3 aromatic carbocycles. The molecule has 7 nitrogen and oxygen atoms in total. The van der Waals surface area contributed by atoms with Gasteiger partial charge in [0.15, 0.2) is 11.4 Å². The number of nitrogens with one attached hydrogen (secondary N) is 1. The summed E-state index contributed by atoms with van der Waals surface area (Å²) in [6.07, 6.45) is 1.21. The predicted molar refractivity (Wildman–Crippen MR) is 141 cm³/mol. The molecule has 190 valence electrons. The first-order chi connectivity index (χ1) is 17.5. The van der Waals surface area contributed by atoms with Crippen molar-refractivity contribution in [2.45, 2.75) is 24.5 Å². The molecule has 4 aromatic rings. The zero-order valence-corrected chi connectivity index (χ0v) is 20.8. The number of imide groups is 1. The number of ketones is 1. The minimum absolute atomic E-state index is 0. The Bertz CT molecular complexity index is 1330. The van der Waals surface area contributed by atoms with E-state index in [0.717, 1.165) is 5.39 Å². The largest absolute Gasteiger partial charge is 0.453 e. The Balaban J connectivity index is 0.00000320. The van der Waals surface area contributed by atoms with Crippen LogP contribution in [0.5, 0.6) is 0 Å². The molecule has 0 radical (unpaired) electrons. The van der Waals surface area contributed by atoms with Crippen LogP contribution in [0.3, 0.4) is 0 Å². The van der Waals surface area contributed by atoms with E-state index in [1.807, 2.05) is 18.2 Å². The third-order valence-electron chi connectivity index (χ3n) is 6.66. The molecule has 8 heteroatoms. The maximum Gasteiger partial charge on any atom is 0.267 e. The van der Waals surface area contributed by atoms with Gasteiger partial charge in [-0.1, -0.05) is 78.9 Å². The average Bonchev–Trinajstić information content (AvgIpc) is 3.56. The van der Waals surface area contributed by atoms with Crippen LogP contribution >= 0.6 is 12.4 Å². The average molecular weight is 519 g/mol. The molecule has 0 aliphatic carbocycles. The third kappa shape index (κ3) is 5.20. The van der Waals surface area contributed by atoms with Gasteiger partial charge in [0.2, 0.25) is 11.7 Å².